The minimum Gasteiger partial charge on any atom is -0.334 e. The molecule has 0 N–H and O–H groups in total. The van der Waals surface area contributed by atoms with E-state index >= 15 is 0 Å². The lowest BCUT2D eigenvalue weighted by Crippen LogP contribution is -2.39. The van der Waals surface area contributed by atoms with Gasteiger partial charge in [0.1, 0.15) is 0 Å². The van der Waals surface area contributed by atoms with E-state index in [0.717, 1.165) is 24.6 Å². The van der Waals surface area contributed by atoms with Crippen LogP contribution in [0.3, 0.4) is 0 Å². The second-order valence-corrected chi connectivity index (χ2v) is 8.01. The molecule has 0 radical (unpaired) electrons. The molecular formula is C18H29N3O. The van der Waals surface area contributed by atoms with Gasteiger partial charge < -0.3 is 4.90 Å². The van der Waals surface area contributed by atoms with E-state index in [4.69, 9.17) is 0 Å². The quantitative estimate of drug-likeness (QED) is 0.834. The maximum absolute atomic E-state index is 13.0. The Morgan fingerprint density at radius 1 is 1.18 bits per heavy atom. The Morgan fingerprint density at radius 3 is 2.45 bits per heavy atom. The molecule has 1 atom stereocenters. The summed E-state index contributed by atoms with van der Waals surface area (Å²) in [6.45, 7) is 9.31. The van der Waals surface area contributed by atoms with Crippen molar-refractivity contribution < 1.29 is 4.79 Å². The van der Waals surface area contributed by atoms with Crippen molar-refractivity contribution in [3.05, 3.63) is 17.5 Å². The normalized spacial score (nSPS) is 23.5. The average molecular weight is 303 g/mol. The molecule has 122 valence electrons. The van der Waals surface area contributed by atoms with Gasteiger partial charge in [-0.3, -0.25) is 9.48 Å². The molecule has 1 aliphatic heterocycles. The molecule has 1 aromatic heterocycles. The van der Waals surface area contributed by atoms with E-state index in [0.29, 0.717) is 11.7 Å². The molecule has 4 nitrogen and oxygen atoms in total. The van der Waals surface area contributed by atoms with Crippen molar-refractivity contribution >= 4 is 5.91 Å². The van der Waals surface area contributed by atoms with E-state index in [2.05, 4.69) is 30.8 Å². The van der Waals surface area contributed by atoms with Crippen LogP contribution in [0.1, 0.15) is 75.5 Å². The zero-order valence-electron chi connectivity index (χ0n) is 14.4. The summed E-state index contributed by atoms with van der Waals surface area (Å²) >= 11 is 0. The number of hydrogen-bond acceptors (Lipinski definition) is 2. The number of hydrogen-bond donors (Lipinski definition) is 0. The molecule has 2 fully saturated rings. The van der Waals surface area contributed by atoms with Crippen LogP contribution in [-0.4, -0.2) is 33.2 Å². The number of rotatable bonds is 2. The first-order valence-corrected chi connectivity index (χ1v) is 8.76. The molecule has 1 amide bonds. The highest BCUT2D eigenvalue weighted by Crippen LogP contribution is 2.36. The maximum atomic E-state index is 13.0. The van der Waals surface area contributed by atoms with E-state index < -0.39 is 0 Å². The SMILES string of the molecule is Cc1cc(C(=O)N2CCC[C@@H]2C2CCCC2)nn1C(C)(C)C. The van der Waals surface area contributed by atoms with Crippen LogP contribution in [0.25, 0.3) is 0 Å². The summed E-state index contributed by atoms with van der Waals surface area (Å²) in [6, 6.07) is 2.41. The van der Waals surface area contributed by atoms with Gasteiger partial charge in [-0.15, -0.1) is 0 Å². The summed E-state index contributed by atoms with van der Waals surface area (Å²) in [5.74, 6) is 0.859. The molecule has 3 rings (SSSR count). The van der Waals surface area contributed by atoms with Crippen LogP contribution in [0.2, 0.25) is 0 Å². The highest BCUT2D eigenvalue weighted by molar-refractivity contribution is 5.92. The highest BCUT2D eigenvalue weighted by atomic mass is 16.2. The van der Waals surface area contributed by atoms with Crippen molar-refractivity contribution in [2.75, 3.05) is 6.54 Å². The number of aromatic nitrogens is 2. The number of nitrogens with zero attached hydrogens (tertiary/aromatic N) is 3. The minimum atomic E-state index is -0.0848. The molecule has 1 aromatic rings. The van der Waals surface area contributed by atoms with Crippen LogP contribution in [0.15, 0.2) is 6.07 Å². The predicted octanol–water partition coefficient (Wildman–Crippen LogP) is 3.74. The minimum absolute atomic E-state index is 0.0848. The second-order valence-electron chi connectivity index (χ2n) is 8.01. The fraction of sp³-hybridized carbons (Fsp3) is 0.778. The third-order valence-corrected chi connectivity index (χ3v) is 5.25. The van der Waals surface area contributed by atoms with Gasteiger partial charge in [0.05, 0.1) is 5.54 Å². The standard InChI is InChI=1S/C18H29N3O/c1-13-12-15(19-21(13)18(2,3)4)17(22)20-11-7-10-16(20)14-8-5-6-9-14/h12,14,16H,5-11H2,1-4H3/t16-/m1/s1. The van der Waals surface area contributed by atoms with Crippen molar-refractivity contribution in [2.45, 2.75) is 77.8 Å². The smallest absolute Gasteiger partial charge is 0.274 e. The Kier molecular flexibility index (Phi) is 4.04. The summed E-state index contributed by atoms with van der Waals surface area (Å²) < 4.78 is 1.97. The van der Waals surface area contributed by atoms with Crippen LogP contribution in [0.4, 0.5) is 0 Å². The van der Waals surface area contributed by atoms with E-state index in [1.807, 2.05) is 17.7 Å². The first-order chi connectivity index (χ1) is 10.4. The van der Waals surface area contributed by atoms with Gasteiger partial charge in [-0.05, 0) is 65.4 Å². The van der Waals surface area contributed by atoms with Crippen LogP contribution in [0, 0.1) is 12.8 Å². The molecule has 4 heteroatoms. The van der Waals surface area contributed by atoms with Crippen molar-refractivity contribution in [1.29, 1.82) is 0 Å². The molecule has 0 bridgehead atoms. The topological polar surface area (TPSA) is 38.1 Å². The average Bonchev–Trinajstić information content (AvgIpc) is 3.16. The summed E-state index contributed by atoms with van der Waals surface area (Å²) in [4.78, 5) is 15.1. The van der Waals surface area contributed by atoms with Gasteiger partial charge in [0.25, 0.3) is 5.91 Å². The Hall–Kier alpha value is -1.32. The van der Waals surface area contributed by atoms with Crippen molar-refractivity contribution in [2.24, 2.45) is 5.92 Å². The second kappa shape index (κ2) is 5.71. The molecule has 0 aromatic carbocycles. The Labute approximate surface area is 133 Å². The molecule has 2 heterocycles. The maximum Gasteiger partial charge on any atom is 0.274 e. The van der Waals surface area contributed by atoms with Gasteiger partial charge in [0, 0.05) is 18.3 Å². The molecule has 1 aliphatic carbocycles. The zero-order valence-corrected chi connectivity index (χ0v) is 14.4. The molecule has 1 saturated heterocycles. The molecule has 2 aliphatic rings. The molecule has 0 spiro atoms. The molecular weight excluding hydrogens is 274 g/mol. The molecule has 22 heavy (non-hydrogen) atoms. The van der Waals surface area contributed by atoms with Crippen molar-refractivity contribution in [3.63, 3.8) is 0 Å². The number of carbonyl (C=O) groups is 1. The van der Waals surface area contributed by atoms with Gasteiger partial charge in [0.2, 0.25) is 0 Å². The predicted molar refractivity (Wildman–Crippen MR) is 88.0 cm³/mol. The van der Waals surface area contributed by atoms with E-state index in [9.17, 15) is 4.79 Å². The summed E-state index contributed by atoms with van der Waals surface area (Å²) in [7, 11) is 0. The van der Waals surface area contributed by atoms with Crippen molar-refractivity contribution in [3.8, 4) is 0 Å². The Bertz CT molecular complexity index is 549. The Balaban J connectivity index is 1.81. The van der Waals surface area contributed by atoms with Gasteiger partial charge in [-0.1, -0.05) is 12.8 Å². The van der Waals surface area contributed by atoms with Gasteiger partial charge >= 0.3 is 0 Å². The first-order valence-electron chi connectivity index (χ1n) is 8.76. The Morgan fingerprint density at radius 2 is 1.86 bits per heavy atom. The third-order valence-electron chi connectivity index (χ3n) is 5.25. The van der Waals surface area contributed by atoms with E-state index in [-0.39, 0.29) is 11.4 Å². The number of amides is 1. The summed E-state index contributed by atoms with van der Waals surface area (Å²) in [5.41, 5.74) is 1.60. The van der Waals surface area contributed by atoms with E-state index in [1.165, 1.54) is 32.1 Å². The van der Waals surface area contributed by atoms with Crippen LogP contribution >= 0.6 is 0 Å². The lowest BCUT2D eigenvalue weighted by molar-refractivity contribution is 0.0681. The van der Waals surface area contributed by atoms with Gasteiger partial charge in [-0.25, -0.2) is 0 Å². The summed E-state index contributed by atoms with van der Waals surface area (Å²) in [5, 5.41) is 4.61. The van der Waals surface area contributed by atoms with Crippen molar-refractivity contribution in [1.82, 2.24) is 14.7 Å². The van der Waals surface area contributed by atoms with Crippen LogP contribution in [-0.2, 0) is 5.54 Å². The molecule has 0 unspecified atom stereocenters. The first kappa shape index (κ1) is 15.6. The monoisotopic (exact) mass is 303 g/mol. The number of likely N-dealkylation sites (tertiary alicyclic amines) is 1. The van der Waals surface area contributed by atoms with Crippen LogP contribution in [0.5, 0.6) is 0 Å². The summed E-state index contributed by atoms with van der Waals surface area (Å²) in [6.07, 6.45) is 7.58. The van der Waals surface area contributed by atoms with Gasteiger partial charge in [-0.2, -0.15) is 5.10 Å². The zero-order chi connectivity index (χ0) is 15.9. The van der Waals surface area contributed by atoms with Gasteiger partial charge in [0.15, 0.2) is 5.69 Å². The lowest BCUT2D eigenvalue weighted by atomic mass is 9.96. The number of carbonyl (C=O) groups excluding carboxylic acids is 1. The highest BCUT2D eigenvalue weighted by Gasteiger charge is 2.37. The fourth-order valence-electron chi connectivity index (χ4n) is 4.28. The van der Waals surface area contributed by atoms with Crippen LogP contribution < -0.4 is 0 Å². The number of aryl methyl sites for hydroxylation is 1. The molecule has 1 saturated carbocycles. The van der Waals surface area contributed by atoms with E-state index in [1.54, 1.807) is 0 Å². The fourth-order valence-corrected chi connectivity index (χ4v) is 4.28. The largest absolute Gasteiger partial charge is 0.334 e. The third kappa shape index (κ3) is 2.80. The lowest BCUT2D eigenvalue weighted by Gasteiger charge is -2.29.